The molecule has 0 saturated carbocycles. The summed E-state index contributed by atoms with van der Waals surface area (Å²) in [4.78, 5) is 0. The van der Waals surface area contributed by atoms with Crippen molar-refractivity contribution in [1.82, 2.24) is 5.32 Å². The van der Waals surface area contributed by atoms with Crippen molar-refractivity contribution < 1.29 is 17.6 Å². The SMILES string of the molecule is O=S1(=O)CCC2(C1)NC(c1ccco1)CCO2. The minimum atomic E-state index is -2.96. The molecule has 2 fully saturated rings. The summed E-state index contributed by atoms with van der Waals surface area (Å²) in [5, 5.41) is 3.29. The van der Waals surface area contributed by atoms with Crippen LogP contribution in [0.3, 0.4) is 0 Å². The third kappa shape index (κ3) is 2.12. The molecule has 1 aromatic rings. The summed E-state index contributed by atoms with van der Waals surface area (Å²) in [6, 6.07) is 3.79. The Bertz CT molecular complexity index is 496. The van der Waals surface area contributed by atoms with Gasteiger partial charge in [0.1, 0.15) is 11.5 Å². The first-order chi connectivity index (χ1) is 8.09. The van der Waals surface area contributed by atoms with Crippen LogP contribution in [-0.2, 0) is 14.6 Å². The first-order valence-electron chi connectivity index (χ1n) is 5.74. The molecular formula is C11H15NO4S. The summed E-state index contributed by atoms with van der Waals surface area (Å²) in [6.07, 6.45) is 2.95. The summed E-state index contributed by atoms with van der Waals surface area (Å²) in [5.41, 5.74) is -0.700. The van der Waals surface area contributed by atoms with Crippen molar-refractivity contribution >= 4 is 9.84 Å². The average Bonchev–Trinajstić information content (AvgIpc) is 2.88. The zero-order chi connectivity index (χ0) is 11.9. The first kappa shape index (κ1) is 11.3. The smallest absolute Gasteiger partial charge is 0.154 e. The quantitative estimate of drug-likeness (QED) is 0.807. The van der Waals surface area contributed by atoms with Gasteiger partial charge >= 0.3 is 0 Å². The minimum absolute atomic E-state index is 0.0482. The van der Waals surface area contributed by atoms with Crippen LogP contribution in [0.25, 0.3) is 0 Å². The topological polar surface area (TPSA) is 68.5 Å². The average molecular weight is 257 g/mol. The van der Waals surface area contributed by atoms with E-state index in [1.807, 2.05) is 12.1 Å². The maximum absolute atomic E-state index is 11.6. The van der Waals surface area contributed by atoms with E-state index in [0.717, 1.165) is 12.2 Å². The van der Waals surface area contributed by atoms with Crippen LogP contribution in [0.15, 0.2) is 22.8 Å². The highest BCUT2D eigenvalue weighted by Gasteiger charge is 2.46. The number of hydrogen-bond acceptors (Lipinski definition) is 5. The molecule has 2 aliphatic heterocycles. The molecule has 2 aliphatic rings. The number of hydrogen-bond donors (Lipinski definition) is 1. The molecule has 2 saturated heterocycles. The zero-order valence-corrected chi connectivity index (χ0v) is 10.2. The molecule has 1 aromatic heterocycles. The monoisotopic (exact) mass is 257 g/mol. The highest BCUT2D eigenvalue weighted by molar-refractivity contribution is 7.91. The van der Waals surface area contributed by atoms with Crippen molar-refractivity contribution in [3.8, 4) is 0 Å². The molecule has 0 radical (unpaired) electrons. The van der Waals surface area contributed by atoms with Crippen LogP contribution in [0, 0.1) is 0 Å². The lowest BCUT2D eigenvalue weighted by atomic mass is 10.0. The molecule has 0 bridgehead atoms. The van der Waals surface area contributed by atoms with Crippen LogP contribution in [0.4, 0.5) is 0 Å². The Balaban J connectivity index is 1.81. The predicted octanol–water partition coefficient (Wildman–Crippen LogP) is 0.845. The molecule has 0 amide bonds. The minimum Gasteiger partial charge on any atom is -0.468 e. The van der Waals surface area contributed by atoms with Crippen molar-refractivity contribution in [2.24, 2.45) is 0 Å². The number of rotatable bonds is 1. The van der Waals surface area contributed by atoms with Crippen LogP contribution >= 0.6 is 0 Å². The van der Waals surface area contributed by atoms with Crippen molar-refractivity contribution in [3.05, 3.63) is 24.2 Å². The Morgan fingerprint density at radius 2 is 2.35 bits per heavy atom. The van der Waals surface area contributed by atoms with E-state index in [-0.39, 0.29) is 17.5 Å². The van der Waals surface area contributed by atoms with E-state index in [9.17, 15) is 8.42 Å². The fourth-order valence-corrected chi connectivity index (χ4v) is 4.36. The molecule has 2 atom stereocenters. The Labute approximate surface area is 100 Å². The van der Waals surface area contributed by atoms with E-state index in [4.69, 9.17) is 9.15 Å². The van der Waals surface area contributed by atoms with E-state index in [1.54, 1.807) is 6.26 Å². The fraction of sp³-hybridized carbons (Fsp3) is 0.636. The standard InChI is InChI=1S/C11H15NO4S/c13-17(14)7-4-11(8-17)12-9(3-6-16-11)10-2-1-5-15-10/h1-2,5,9,12H,3-4,6-8H2. The van der Waals surface area contributed by atoms with Gasteiger partial charge in [0.05, 0.1) is 30.4 Å². The number of furan rings is 1. The number of sulfone groups is 1. The van der Waals surface area contributed by atoms with E-state index >= 15 is 0 Å². The van der Waals surface area contributed by atoms with E-state index in [2.05, 4.69) is 5.32 Å². The summed E-state index contributed by atoms with van der Waals surface area (Å²) in [6.45, 7) is 0.563. The zero-order valence-electron chi connectivity index (χ0n) is 9.39. The van der Waals surface area contributed by atoms with Crippen molar-refractivity contribution in [2.75, 3.05) is 18.1 Å². The van der Waals surface area contributed by atoms with Crippen LogP contribution in [0.2, 0.25) is 0 Å². The predicted molar refractivity (Wildman–Crippen MR) is 61.2 cm³/mol. The molecule has 3 rings (SSSR count). The Hall–Kier alpha value is -0.850. The lowest BCUT2D eigenvalue weighted by Gasteiger charge is -2.38. The van der Waals surface area contributed by atoms with Gasteiger partial charge in [0.2, 0.25) is 0 Å². The van der Waals surface area contributed by atoms with Crippen LogP contribution in [0.1, 0.15) is 24.6 Å². The molecule has 17 heavy (non-hydrogen) atoms. The van der Waals surface area contributed by atoms with Gasteiger partial charge in [0.15, 0.2) is 9.84 Å². The molecule has 3 heterocycles. The summed E-state index contributed by atoms with van der Waals surface area (Å²) >= 11 is 0. The molecule has 2 unspecified atom stereocenters. The summed E-state index contributed by atoms with van der Waals surface area (Å²) in [5.74, 6) is 1.11. The normalized spacial score (nSPS) is 36.4. The van der Waals surface area contributed by atoms with Gasteiger partial charge < -0.3 is 9.15 Å². The number of nitrogens with one attached hydrogen (secondary N) is 1. The second-order valence-electron chi connectivity index (χ2n) is 4.69. The third-order valence-electron chi connectivity index (χ3n) is 3.38. The molecule has 1 spiro atoms. The molecule has 94 valence electrons. The Morgan fingerprint density at radius 1 is 1.47 bits per heavy atom. The van der Waals surface area contributed by atoms with Gasteiger partial charge in [-0.1, -0.05) is 0 Å². The lowest BCUT2D eigenvalue weighted by molar-refractivity contribution is -0.0951. The van der Waals surface area contributed by atoms with E-state index in [1.165, 1.54) is 0 Å². The van der Waals surface area contributed by atoms with Crippen molar-refractivity contribution in [3.63, 3.8) is 0 Å². The molecule has 6 heteroatoms. The van der Waals surface area contributed by atoms with Gasteiger partial charge in [-0.2, -0.15) is 0 Å². The van der Waals surface area contributed by atoms with E-state index in [0.29, 0.717) is 13.0 Å². The molecule has 5 nitrogen and oxygen atoms in total. The maximum atomic E-state index is 11.6. The second kappa shape index (κ2) is 3.83. The second-order valence-corrected chi connectivity index (χ2v) is 6.87. The molecule has 1 N–H and O–H groups in total. The first-order valence-corrected chi connectivity index (χ1v) is 7.56. The molecule has 0 aromatic carbocycles. The van der Waals surface area contributed by atoms with Gasteiger partial charge in [0, 0.05) is 6.42 Å². The van der Waals surface area contributed by atoms with Gasteiger partial charge in [0.25, 0.3) is 0 Å². The van der Waals surface area contributed by atoms with Crippen molar-refractivity contribution in [2.45, 2.75) is 24.6 Å². The van der Waals surface area contributed by atoms with E-state index < -0.39 is 15.6 Å². The third-order valence-corrected chi connectivity index (χ3v) is 5.11. The largest absolute Gasteiger partial charge is 0.468 e. The highest BCUT2D eigenvalue weighted by atomic mass is 32.2. The van der Waals surface area contributed by atoms with Gasteiger partial charge in [-0.3, -0.25) is 5.32 Å². The fourth-order valence-electron chi connectivity index (χ4n) is 2.55. The van der Waals surface area contributed by atoms with Crippen LogP contribution in [0.5, 0.6) is 0 Å². The van der Waals surface area contributed by atoms with Crippen molar-refractivity contribution in [1.29, 1.82) is 0 Å². The lowest BCUT2D eigenvalue weighted by Crippen LogP contribution is -2.54. The van der Waals surface area contributed by atoms with Gasteiger partial charge in [-0.15, -0.1) is 0 Å². The summed E-state index contributed by atoms with van der Waals surface area (Å²) in [7, 11) is -2.96. The highest BCUT2D eigenvalue weighted by Crippen LogP contribution is 2.33. The van der Waals surface area contributed by atoms with Crippen LogP contribution in [-0.4, -0.2) is 32.3 Å². The van der Waals surface area contributed by atoms with Gasteiger partial charge in [-0.25, -0.2) is 8.42 Å². The molecule has 0 aliphatic carbocycles. The Kier molecular flexibility index (Phi) is 2.53. The maximum Gasteiger partial charge on any atom is 0.154 e. The summed E-state index contributed by atoms with van der Waals surface area (Å²) < 4.78 is 34.1. The Morgan fingerprint density at radius 3 is 3.00 bits per heavy atom. The number of ether oxygens (including phenoxy) is 1. The van der Waals surface area contributed by atoms with Gasteiger partial charge in [-0.05, 0) is 18.6 Å². The molecular weight excluding hydrogens is 242 g/mol. The van der Waals surface area contributed by atoms with Crippen LogP contribution < -0.4 is 5.32 Å².